The Bertz CT molecular complexity index is 849. The number of rotatable bonds is 4. The molecule has 3 rings (SSSR count). The van der Waals surface area contributed by atoms with Crippen LogP contribution in [0.4, 0.5) is 0 Å². The molecule has 2 aromatic heterocycles. The number of aromatic nitrogens is 2. The Kier molecular flexibility index (Phi) is 4.95. The number of esters is 1. The first-order valence-corrected chi connectivity index (χ1v) is 9.11. The Morgan fingerprint density at radius 1 is 1.40 bits per heavy atom. The van der Waals surface area contributed by atoms with E-state index in [9.17, 15) is 14.7 Å². The molecule has 1 aliphatic heterocycles. The number of piperidine rings is 1. The molecule has 0 aromatic carbocycles. The fourth-order valence-electron chi connectivity index (χ4n) is 3.23. The molecule has 2 aromatic rings. The molecule has 0 amide bonds. The summed E-state index contributed by atoms with van der Waals surface area (Å²) in [4.78, 5) is 32.3. The summed E-state index contributed by atoms with van der Waals surface area (Å²) >= 11 is 1.52. The van der Waals surface area contributed by atoms with Crippen LogP contribution in [-0.4, -0.2) is 57.9 Å². The quantitative estimate of drug-likeness (QED) is 0.816. The van der Waals surface area contributed by atoms with E-state index in [0.717, 1.165) is 15.3 Å². The molecule has 8 heteroatoms. The highest BCUT2D eigenvalue weighted by molar-refractivity contribution is 7.18. The van der Waals surface area contributed by atoms with Crippen molar-refractivity contribution in [1.29, 1.82) is 0 Å². The second kappa shape index (κ2) is 6.86. The van der Waals surface area contributed by atoms with Crippen molar-refractivity contribution in [3.63, 3.8) is 0 Å². The van der Waals surface area contributed by atoms with Crippen molar-refractivity contribution in [2.75, 3.05) is 26.7 Å². The van der Waals surface area contributed by atoms with Gasteiger partial charge >= 0.3 is 5.97 Å². The van der Waals surface area contributed by atoms with Crippen LogP contribution in [0.2, 0.25) is 0 Å². The maximum atomic E-state index is 12.8. The fraction of sp³-hybridized carbons (Fsp3) is 0.588. The van der Waals surface area contributed by atoms with Crippen LogP contribution in [-0.2, 0) is 16.1 Å². The highest BCUT2D eigenvalue weighted by Crippen LogP contribution is 2.27. The van der Waals surface area contributed by atoms with Gasteiger partial charge in [0.05, 0.1) is 37.5 Å². The Hall–Kier alpha value is -1.77. The van der Waals surface area contributed by atoms with E-state index >= 15 is 0 Å². The number of thiophene rings is 1. The zero-order valence-electron chi connectivity index (χ0n) is 14.7. The fourth-order valence-corrected chi connectivity index (χ4v) is 4.22. The summed E-state index contributed by atoms with van der Waals surface area (Å²) in [6.07, 6.45) is 2.52. The maximum Gasteiger partial charge on any atom is 0.319 e. The van der Waals surface area contributed by atoms with Gasteiger partial charge in [0.2, 0.25) is 0 Å². The van der Waals surface area contributed by atoms with E-state index < -0.39 is 5.60 Å². The van der Waals surface area contributed by atoms with E-state index in [4.69, 9.17) is 0 Å². The number of likely N-dealkylation sites (tertiary alicyclic amines) is 1. The van der Waals surface area contributed by atoms with Gasteiger partial charge in [0.15, 0.2) is 0 Å². The molecule has 25 heavy (non-hydrogen) atoms. The third-order valence-electron chi connectivity index (χ3n) is 4.99. The molecule has 3 heterocycles. The largest absolute Gasteiger partial charge is 0.468 e. The zero-order valence-corrected chi connectivity index (χ0v) is 15.6. The van der Waals surface area contributed by atoms with E-state index in [1.807, 2.05) is 18.7 Å². The molecule has 0 saturated carbocycles. The summed E-state index contributed by atoms with van der Waals surface area (Å²) in [6, 6.07) is 0. The molecule has 0 bridgehead atoms. The van der Waals surface area contributed by atoms with Crippen LogP contribution in [0.1, 0.15) is 23.3 Å². The Balaban J connectivity index is 1.75. The van der Waals surface area contributed by atoms with Crippen LogP contribution >= 0.6 is 11.3 Å². The monoisotopic (exact) mass is 365 g/mol. The lowest BCUT2D eigenvalue weighted by Crippen LogP contribution is -2.49. The number of nitrogens with zero attached hydrogens (tertiary/aromatic N) is 3. The van der Waals surface area contributed by atoms with Crippen molar-refractivity contribution in [3.05, 3.63) is 27.1 Å². The first-order chi connectivity index (χ1) is 11.8. The summed E-state index contributed by atoms with van der Waals surface area (Å²) in [7, 11) is 1.37. The molecule has 0 aliphatic carbocycles. The molecule has 136 valence electrons. The summed E-state index contributed by atoms with van der Waals surface area (Å²) in [5, 5.41) is 11.5. The summed E-state index contributed by atoms with van der Waals surface area (Å²) < 4.78 is 6.19. The Labute approximate surface area is 149 Å². The van der Waals surface area contributed by atoms with Crippen LogP contribution in [0, 0.1) is 13.8 Å². The number of methoxy groups -OCH3 is 1. The smallest absolute Gasteiger partial charge is 0.319 e. The van der Waals surface area contributed by atoms with E-state index in [-0.39, 0.29) is 24.6 Å². The van der Waals surface area contributed by atoms with Gasteiger partial charge in [-0.25, -0.2) is 4.98 Å². The third-order valence-corrected chi connectivity index (χ3v) is 6.10. The minimum atomic E-state index is -0.967. The molecular weight excluding hydrogens is 342 g/mol. The van der Waals surface area contributed by atoms with Gasteiger partial charge in [0.25, 0.3) is 5.56 Å². The third kappa shape index (κ3) is 3.61. The van der Waals surface area contributed by atoms with Gasteiger partial charge in [-0.15, -0.1) is 11.3 Å². The van der Waals surface area contributed by atoms with Crippen molar-refractivity contribution < 1.29 is 14.6 Å². The Morgan fingerprint density at radius 3 is 2.72 bits per heavy atom. The summed E-state index contributed by atoms with van der Waals surface area (Å²) in [6.45, 7) is 5.54. The topological polar surface area (TPSA) is 84.7 Å². The maximum absolute atomic E-state index is 12.8. The van der Waals surface area contributed by atoms with E-state index in [1.165, 1.54) is 29.3 Å². The summed E-state index contributed by atoms with van der Waals surface area (Å²) in [5.41, 5.74) is -0.103. The lowest BCUT2D eigenvalue weighted by atomic mass is 9.91. The SMILES string of the molecule is COC(=O)CN1CCC(O)(Cn2cnc3sc(C)c(C)c3c2=O)CC1. The normalized spacial score (nSPS) is 17.8. The van der Waals surface area contributed by atoms with Crippen LogP contribution in [0.5, 0.6) is 0 Å². The minimum absolute atomic E-state index is 0.0998. The van der Waals surface area contributed by atoms with Crippen molar-refractivity contribution in [1.82, 2.24) is 14.5 Å². The number of hydrogen-bond acceptors (Lipinski definition) is 7. The lowest BCUT2D eigenvalue weighted by molar-refractivity contribution is -0.143. The highest BCUT2D eigenvalue weighted by Gasteiger charge is 2.34. The van der Waals surface area contributed by atoms with E-state index in [2.05, 4.69) is 9.72 Å². The molecule has 0 radical (unpaired) electrons. The van der Waals surface area contributed by atoms with Crippen LogP contribution < -0.4 is 5.56 Å². The standard InChI is InChI=1S/C17H23N3O4S/c1-11-12(2)25-15-14(11)16(22)20(10-18-15)9-17(23)4-6-19(7-5-17)8-13(21)24-3/h10,23H,4-9H2,1-3H3. The van der Waals surface area contributed by atoms with Crippen LogP contribution in [0.25, 0.3) is 10.2 Å². The van der Waals surface area contributed by atoms with Crippen LogP contribution in [0.3, 0.4) is 0 Å². The van der Waals surface area contributed by atoms with Gasteiger partial charge in [0, 0.05) is 18.0 Å². The highest BCUT2D eigenvalue weighted by atomic mass is 32.1. The molecule has 7 nitrogen and oxygen atoms in total. The number of aliphatic hydroxyl groups is 1. The number of hydrogen-bond donors (Lipinski definition) is 1. The average molecular weight is 365 g/mol. The number of aryl methyl sites for hydroxylation is 2. The Morgan fingerprint density at radius 2 is 2.08 bits per heavy atom. The second-order valence-corrected chi connectivity index (χ2v) is 7.92. The summed E-state index contributed by atoms with van der Waals surface area (Å²) in [5.74, 6) is -0.278. The van der Waals surface area contributed by atoms with Gasteiger partial charge in [-0.2, -0.15) is 0 Å². The predicted molar refractivity (Wildman–Crippen MR) is 96.0 cm³/mol. The first kappa shape index (κ1) is 18.0. The average Bonchev–Trinajstić information content (AvgIpc) is 2.88. The molecule has 1 N–H and O–H groups in total. The van der Waals surface area contributed by atoms with Gasteiger partial charge in [-0.3, -0.25) is 19.1 Å². The van der Waals surface area contributed by atoms with Crippen molar-refractivity contribution in [3.8, 4) is 0 Å². The minimum Gasteiger partial charge on any atom is -0.468 e. The van der Waals surface area contributed by atoms with E-state index in [0.29, 0.717) is 31.3 Å². The van der Waals surface area contributed by atoms with Gasteiger partial charge in [-0.05, 0) is 32.3 Å². The van der Waals surface area contributed by atoms with Crippen molar-refractivity contribution >= 4 is 27.5 Å². The molecular formula is C17H23N3O4S. The molecule has 0 spiro atoms. The predicted octanol–water partition coefficient (Wildman–Crippen LogP) is 1.07. The molecule has 0 atom stereocenters. The number of ether oxygens (including phenoxy) is 1. The lowest BCUT2D eigenvalue weighted by Gasteiger charge is -2.37. The van der Waals surface area contributed by atoms with Gasteiger partial charge in [0.1, 0.15) is 4.83 Å². The van der Waals surface area contributed by atoms with Crippen molar-refractivity contribution in [2.24, 2.45) is 0 Å². The first-order valence-electron chi connectivity index (χ1n) is 8.30. The van der Waals surface area contributed by atoms with Gasteiger partial charge in [-0.1, -0.05) is 0 Å². The number of carbonyl (C=O) groups excluding carboxylic acids is 1. The van der Waals surface area contributed by atoms with Gasteiger partial charge < -0.3 is 9.84 Å². The molecule has 0 unspecified atom stereocenters. The molecule has 1 aliphatic rings. The number of carbonyl (C=O) groups is 1. The van der Waals surface area contributed by atoms with Crippen molar-refractivity contribution in [2.45, 2.75) is 38.8 Å². The van der Waals surface area contributed by atoms with Crippen LogP contribution in [0.15, 0.2) is 11.1 Å². The molecule has 1 saturated heterocycles. The number of fused-ring (bicyclic) bond motifs is 1. The second-order valence-electron chi connectivity index (χ2n) is 6.72. The zero-order chi connectivity index (χ0) is 18.2. The molecule has 1 fully saturated rings. The van der Waals surface area contributed by atoms with E-state index in [1.54, 1.807) is 0 Å².